The van der Waals surface area contributed by atoms with Gasteiger partial charge in [-0.15, -0.1) is 0 Å². The molecule has 8 heteroatoms. The van der Waals surface area contributed by atoms with E-state index in [-0.39, 0.29) is 0 Å². The molecule has 1 rings (SSSR count). The van der Waals surface area contributed by atoms with Gasteiger partial charge in [-0.25, -0.2) is 21.9 Å². The van der Waals surface area contributed by atoms with E-state index in [4.69, 9.17) is 10.8 Å². The van der Waals surface area contributed by atoms with E-state index in [1.165, 1.54) is 12.1 Å². The van der Waals surface area contributed by atoms with Gasteiger partial charge in [-0.2, -0.15) is 0 Å². The molecule has 0 aromatic heterocycles. The van der Waals surface area contributed by atoms with Crippen LogP contribution < -0.4 is 10.5 Å². The van der Waals surface area contributed by atoms with Crippen molar-refractivity contribution in [3.63, 3.8) is 0 Å². The average molecular weight is 280 g/mol. The summed E-state index contributed by atoms with van der Waals surface area (Å²) in [5.74, 6) is -3.91. The van der Waals surface area contributed by atoms with Gasteiger partial charge in [0.25, 0.3) is 5.92 Å². The molecule has 5 nitrogen and oxygen atoms in total. The highest BCUT2D eigenvalue weighted by molar-refractivity contribution is 7.88. The van der Waals surface area contributed by atoms with Gasteiger partial charge >= 0.3 is 0 Å². The summed E-state index contributed by atoms with van der Waals surface area (Å²) >= 11 is 0. The van der Waals surface area contributed by atoms with Crippen LogP contribution in [0.25, 0.3) is 0 Å². The Labute approximate surface area is 104 Å². The Kier molecular flexibility index (Phi) is 4.60. The third-order valence-corrected chi connectivity index (χ3v) is 3.39. The zero-order valence-electron chi connectivity index (χ0n) is 9.44. The van der Waals surface area contributed by atoms with Crippen molar-refractivity contribution in [3.05, 3.63) is 29.8 Å². The highest BCUT2D eigenvalue weighted by atomic mass is 32.2. The number of aliphatic hydroxyl groups excluding tert-OH is 1. The molecule has 0 spiro atoms. The van der Waals surface area contributed by atoms with Crippen LogP contribution in [0, 0.1) is 0 Å². The van der Waals surface area contributed by atoms with Crippen LogP contribution in [0.4, 0.5) is 14.5 Å². The third kappa shape index (κ3) is 4.94. The highest BCUT2D eigenvalue weighted by Gasteiger charge is 2.29. The molecule has 0 aliphatic rings. The van der Waals surface area contributed by atoms with Gasteiger partial charge in [0, 0.05) is 5.69 Å². The molecule has 102 valence electrons. The predicted molar refractivity (Wildman–Crippen MR) is 63.5 cm³/mol. The fourth-order valence-corrected chi connectivity index (χ4v) is 2.38. The lowest BCUT2D eigenvalue weighted by Crippen LogP contribution is -2.39. The number of rotatable bonds is 6. The molecular formula is C10H14F2N2O3S. The van der Waals surface area contributed by atoms with E-state index in [0.717, 1.165) is 0 Å². The van der Waals surface area contributed by atoms with Crippen molar-refractivity contribution < 1.29 is 22.3 Å². The van der Waals surface area contributed by atoms with Gasteiger partial charge in [0.1, 0.15) is 6.61 Å². The molecule has 4 N–H and O–H groups in total. The second kappa shape index (κ2) is 5.59. The van der Waals surface area contributed by atoms with Gasteiger partial charge in [0.05, 0.1) is 12.3 Å². The number of benzene rings is 1. The maximum Gasteiger partial charge on any atom is 0.283 e. The van der Waals surface area contributed by atoms with E-state index in [1.54, 1.807) is 16.9 Å². The molecule has 0 aliphatic carbocycles. The van der Waals surface area contributed by atoms with Gasteiger partial charge in [-0.3, -0.25) is 0 Å². The molecule has 0 radical (unpaired) electrons. The Morgan fingerprint density at radius 2 is 2.06 bits per heavy atom. The third-order valence-electron chi connectivity index (χ3n) is 2.09. The Morgan fingerprint density at radius 1 is 1.39 bits per heavy atom. The summed E-state index contributed by atoms with van der Waals surface area (Å²) in [6.45, 7) is -2.54. The summed E-state index contributed by atoms with van der Waals surface area (Å²) in [5.41, 5.74) is 6.26. The molecule has 0 bridgehead atoms. The lowest BCUT2D eigenvalue weighted by atomic mass is 10.2. The molecule has 0 fully saturated rings. The number of hydrogen-bond acceptors (Lipinski definition) is 4. The minimum absolute atomic E-state index is 0.392. The molecule has 1 aromatic carbocycles. The maximum atomic E-state index is 12.7. The minimum atomic E-state index is -3.89. The fraction of sp³-hybridized carbons (Fsp3) is 0.400. The molecule has 0 amide bonds. The summed E-state index contributed by atoms with van der Waals surface area (Å²) < 4.78 is 50.1. The van der Waals surface area contributed by atoms with Crippen molar-refractivity contribution in [1.82, 2.24) is 4.72 Å². The Hall–Kier alpha value is -1.25. The van der Waals surface area contributed by atoms with E-state index in [9.17, 15) is 17.2 Å². The van der Waals surface area contributed by atoms with Gasteiger partial charge in [0.2, 0.25) is 10.0 Å². The zero-order chi connectivity index (χ0) is 13.8. The van der Waals surface area contributed by atoms with Crippen molar-refractivity contribution in [2.24, 2.45) is 0 Å². The highest BCUT2D eigenvalue weighted by Crippen LogP contribution is 2.13. The first-order chi connectivity index (χ1) is 8.24. The number of nitrogens with one attached hydrogen (secondary N) is 1. The normalized spacial score (nSPS) is 12.6. The number of aliphatic hydroxyl groups is 1. The Balaban J connectivity index is 2.66. The van der Waals surface area contributed by atoms with Crippen LogP contribution in [0.2, 0.25) is 0 Å². The van der Waals surface area contributed by atoms with Crippen LogP contribution in [0.3, 0.4) is 0 Å². The van der Waals surface area contributed by atoms with Gasteiger partial charge < -0.3 is 10.8 Å². The predicted octanol–water partition coefficient (Wildman–Crippen LogP) is 0.316. The van der Waals surface area contributed by atoms with Crippen molar-refractivity contribution in [2.75, 3.05) is 18.9 Å². The first-order valence-corrected chi connectivity index (χ1v) is 6.70. The van der Waals surface area contributed by atoms with Gasteiger partial charge in [-0.1, -0.05) is 12.1 Å². The molecule has 0 aliphatic heterocycles. The fourth-order valence-electron chi connectivity index (χ4n) is 1.22. The monoisotopic (exact) mass is 280 g/mol. The average Bonchev–Trinajstić information content (AvgIpc) is 2.26. The lowest BCUT2D eigenvalue weighted by molar-refractivity contribution is -0.0437. The Morgan fingerprint density at radius 3 is 2.61 bits per heavy atom. The molecule has 0 saturated carbocycles. The van der Waals surface area contributed by atoms with Crippen molar-refractivity contribution in [1.29, 1.82) is 0 Å². The van der Waals surface area contributed by atoms with Crippen LogP contribution in [0.1, 0.15) is 5.56 Å². The number of hydrogen-bond donors (Lipinski definition) is 3. The summed E-state index contributed by atoms with van der Waals surface area (Å²) in [7, 11) is -3.89. The van der Waals surface area contributed by atoms with E-state index in [1.807, 2.05) is 0 Å². The number of anilines is 1. The summed E-state index contributed by atoms with van der Waals surface area (Å²) in [4.78, 5) is 0. The van der Waals surface area contributed by atoms with Crippen molar-refractivity contribution >= 4 is 15.7 Å². The summed E-state index contributed by atoms with van der Waals surface area (Å²) in [5, 5.41) is 8.32. The van der Waals surface area contributed by atoms with Gasteiger partial charge in [-0.05, 0) is 17.7 Å². The number of sulfonamides is 1. The van der Waals surface area contributed by atoms with Crippen LogP contribution in [0.5, 0.6) is 0 Å². The standard InChI is InChI=1S/C10H14F2N2O3S/c11-10(12,7-15)6-14-18(16,17)5-8-2-1-3-9(13)4-8/h1-4,14-15H,5-7,13H2. The molecular weight excluding hydrogens is 266 g/mol. The maximum absolute atomic E-state index is 12.7. The number of halogens is 2. The first-order valence-electron chi connectivity index (χ1n) is 5.04. The van der Waals surface area contributed by atoms with Crippen LogP contribution >= 0.6 is 0 Å². The molecule has 0 saturated heterocycles. The van der Waals surface area contributed by atoms with Gasteiger partial charge in [0.15, 0.2) is 0 Å². The van der Waals surface area contributed by atoms with E-state index in [2.05, 4.69) is 0 Å². The largest absolute Gasteiger partial charge is 0.399 e. The van der Waals surface area contributed by atoms with Crippen LogP contribution in [0.15, 0.2) is 24.3 Å². The minimum Gasteiger partial charge on any atom is -0.399 e. The Bertz CT molecular complexity index is 506. The van der Waals surface area contributed by atoms with E-state index < -0.39 is 34.9 Å². The smallest absolute Gasteiger partial charge is 0.283 e. The molecule has 1 aromatic rings. The second-order valence-corrected chi connectivity index (χ2v) is 5.65. The quantitative estimate of drug-likeness (QED) is 0.654. The summed E-state index contributed by atoms with van der Waals surface area (Å²) in [6, 6.07) is 6.13. The molecule has 0 atom stereocenters. The summed E-state index contributed by atoms with van der Waals surface area (Å²) in [6.07, 6.45) is 0. The van der Waals surface area contributed by atoms with Crippen molar-refractivity contribution in [3.8, 4) is 0 Å². The second-order valence-electron chi connectivity index (χ2n) is 3.84. The van der Waals surface area contributed by atoms with Crippen LogP contribution in [-0.2, 0) is 15.8 Å². The number of nitrogen functional groups attached to an aromatic ring is 1. The van der Waals surface area contributed by atoms with Crippen molar-refractivity contribution in [2.45, 2.75) is 11.7 Å². The van der Waals surface area contributed by atoms with E-state index in [0.29, 0.717) is 11.3 Å². The van der Waals surface area contributed by atoms with Crippen LogP contribution in [-0.4, -0.2) is 32.6 Å². The number of alkyl halides is 2. The van der Waals surface area contributed by atoms with E-state index >= 15 is 0 Å². The topological polar surface area (TPSA) is 92.4 Å². The first kappa shape index (κ1) is 14.8. The zero-order valence-corrected chi connectivity index (χ0v) is 10.3. The number of nitrogens with two attached hydrogens (primary N) is 1. The SMILES string of the molecule is Nc1cccc(CS(=O)(=O)NCC(F)(F)CO)c1. The lowest BCUT2D eigenvalue weighted by Gasteiger charge is -2.14. The molecule has 0 heterocycles. The molecule has 18 heavy (non-hydrogen) atoms. The molecule has 0 unspecified atom stereocenters.